The number of aromatic nitrogens is 2. The van der Waals surface area contributed by atoms with E-state index >= 15 is 0 Å². The average Bonchev–Trinajstić information content (AvgIpc) is 3.05. The van der Waals surface area contributed by atoms with Gasteiger partial charge >= 0.3 is 0 Å². The number of amides is 2. The lowest BCUT2D eigenvalue weighted by Gasteiger charge is -2.38. The van der Waals surface area contributed by atoms with Crippen LogP contribution in [-0.2, 0) is 16.1 Å². The van der Waals surface area contributed by atoms with E-state index in [1.165, 1.54) is 0 Å². The molecule has 1 aromatic carbocycles. The van der Waals surface area contributed by atoms with E-state index in [-0.39, 0.29) is 23.8 Å². The first-order valence-corrected chi connectivity index (χ1v) is 8.66. The van der Waals surface area contributed by atoms with Crippen LogP contribution >= 0.6 is 0 Å². The predicted octanol–water partition coefficient (Wildman–Crippen LogP) is 2.76. The van der Waals surface area contributed by atoms with Crippen LogP contribution in [0, 0.1) is 12.8 Å². The quantitative estimate of drug-likeness (QED) is 0.930. The van der Waals surface area contributed by atoms with Gasteiger partial charge in [0.2, 0.25) is 11.8 Å². The molecule has 0 spiro atoms. The molecule has 3 rings (SSSR count). The van der Waals surface area contributed by atoms with E-state index in [1.54, 1.807) is 22.7 Å². The molecule has 0 aliphatic carbocycles. The Hall–Kier alpha value is -2.63. The Morgan fingerprint density at radius 2 is 2.00 bits per heavy atom. The molecule has 6 heteroatoms. The maximum Gasteiger partial charge on any atom is 0.231 e. The molecular formula is C19H24N4O2. The first-order valence-electron chi connectivity index (χ1n) is 8.66. The molecule has 0 radical (unpaired) electrons. The first-order chi connectivity index (χ1) is 12.0. The lowest BCUT2D eigenvalue weighted by atomic mass is 9.83. The molecule has 2 atom stereocenters. The van der Waals surface area contributed by atoms with Gasteiger partial charge in [-0.2, -0.15) is 5.10 Å². The molecule has 0 unspecified atom stereocenters. The summed E-state index contributed by atoms with van der Waals surface area (Å²) in [5.41, 5.74) is 2.14. The SMILES string of the molecule is CCn1ccc(NC(=O)[C@@H]2CCC(=O)N(C)[C@@H]2c2ccc(C)cc2)n1. The molecule has 6 nitrogen and oxygen atoms in total. The largest absolute Gasteiger partial charge is 0.338 e. The monoisotopic (exact) mass is 340 g/mol. The fourth-order valence-electron chi connectivity index (χ4n) is 3.36. The first kappa shape index (κ1) is 17.2. The van der Waals surface area contributed by atoms with Gasteiger partial charge in [0.1, 0.15) is 0 Å². The van der Waals surface area contributed by atoms with Gasteiger partial charge in [-0.15, -0.1) is 0 Å². The van der Waals surface area contributed by atoms with Crippen LogP contribution in [0.3, 0.4) is 0 Å². The van der Waals surface area contributed by atoms with Gasteiger partial charge in [-0.05, 0) is 25.8 Å². The van der Waals surface area contributed by atoms with Crippen molar-refractivity contribution >= 4 is 17.6 Å². The number of piperidine rings is 1. The van der Waals surface area contributed by atoms with Gasteiger partial charge in [0.05, 0.1) is 12.0 Å². The Morgan fingerprint density at radius 3 is 2.64 bits per heavy atom. The number of benzene rings is 1. The van der Waals surface area contributed by atoms with Crippen molar-refractivity contribution in [2.45, 2.75) is 39.3 Å². The average molecular weight is 340 g/mol. The van der Waals surface area contributed by atoms with Gasteiger partial charge in [-0.1, -0.05) is 29.8 Å². The second-order valence-electron chi connectivity index (χ2n) is 6.55. The van der Waals surface area contributed by atoms with Crippen LogP contribution in [-0.4, -0.2) is 33.5 Å². The summed E-state index contributed by atoms with van der Waals surface area (Å²) in [6, 6.07) is 9.57. The molecule has 2 heterocycles. The molecule has 25 heavy (non-hydrogen) atoms. The van der Waals surface area contributed by atoms with Crippen LogP contribution < -0.4 is 5.32 Å². The van der Waals surface area contributed by atoms with Crippen LogP contribution in [0.25, 0.3) is 0 Å². The van der Waals surface area contributed by atoms with Gasteiger partial charge in [-0.25, -0.2) is 0 Å². The van der Waals surface area contributed by atoms with E-state index in [1.807, 2.05) is 44.3 Å². The third-order valence-electron chi connectivity index (χ3n) is 4.83. The Bertz CT molecular complexity index is 766. The van der Waals surface area contributed by atoms with Crippen LogP contribution in [0.1, 0.15) is 36.9 Å². The van der Waals surface area contributed by atoms with Crippen molar-refractivity contribution in [2.75, 3.05) is 12.4 Å². The third-order valence-corrected chi connectivity index (χ3v) is 4.83. The Balaban J connectivity index is 1.84. The lowest BCUT2D eigenvalue weighted by Crippen LogP contribution is -2.44. The number of aryl methyl sites for hydroxylation is 2. The summed E-state index contributed by atoms with van der Waals surface area (Å²) in [6.07, 6.45) is 2.77. The number of anilines is 1. The summed E-state index contributed by atoms with van der Waals surface area (Å²) in [5.74, 6) is 0.238. The molecule has 132 valence electrons. The van der Waals surface area contributed by atoms with Crippen LogP contribution in [0.5, 0.6) is 0 Å². The number of likely N-dealkylation sites (tertiary alicyclic amines) is 1. The number of nitrogens with one attached hydrogen (secondary N) is 1. The number of hydrogen-bond acceptors (Lipinski definition) is 3. The highest BCUT2D eigenvalue weighted by Crippen LogP contribution is 2.36. The van der Waals surface area contributed by atoms with E-state index in [2.05, 4.69) is 10.4 Å². The summed E-state index contributed by atoms with van der Waals surface area (Å²) >= 11 is 0. The van der Waals surface area contributed by atoms with E-state index in [0.717, 1.165) is 17.7 Å². The van der Waals surface area contributed by atoms with Crippen molar-refractivity contribution in [3.8, 4) is 0 Å². The second-order valence-corrected chi connectivity index (χ2v) is 6.55. The van der Waals surface area contributed by atoms with E-state index in [4.69, 9.17) is 0 Å². The maximum atomic E-state index is 12.9. The molecule has 0 bridgehead atoms. The zero-order valence-corrected chi connectivity index (χ0v) is 14.9. The van der Waals surface area contributed by atoms with Crippen molar-refractivity contribution in [3.05, 3.63) is 47.7 Å². The highest BCUT2D eigenvalue weighted by molar-refractivity contribution is 5.94. The lowest BCUT2D eigenvalue weighted by molar-refractivity contribution is -0.140. The minimum atomic E-state index is -0.294. The van der Waals surface area contributed by atoms with E-state index < -0.39 is 0 Å². The van der Waals surface area contributed by atoms with Crippen molar-refractivity contribution in [2.24, 2.45) is 5.92 Å². The van der Waals surface area contributed by atoms with Gasteiger partial charge < -0.3 is 10.2 Å². The number of carbonyl (C=O) groups excluding carboxylic acids is 2. The summed E-state index contributed by atoms with van der Waals surface area (Å²) in [7, 11) is 1.78. The van der Waals surface area contributed by atoms with Crippen LogP contribution in [0.4, 0.5) is 5.82 Å². The number of carbonyl (C=O) groups is 2. The maximum absolute atomic E-state index is 12.9. The van der Waals surface area contributed by atoms with Crippen molar-refractivity contribution in [1.29, 1.82) is 0 Å². The number of hydrogen-bond donors (Lipinski definition) is 1. The van der Waals surface area contributed by atoms with Gasteiger partial charge in [-0.3, -0.25) is 14.3 Å². The summed E-state index contributed by atoms with van der Waals surface area (Å²) in [4.78, 5) is 26.8. The van der Waals surface area contributed by atoms with Gasteiger partial charge in [0.25, 0.3) is 0 Å². The standard InChI is InChI=1S/C19H24N4O2/c1-4-23-12-11-16(21-23)20-19(25)15-9-10-17(24)22(3)18(15)14-7-5-13(2)6-8-14/h5-8,11-12,15,18H,4,9-10H2,1-3H3,(H,20,21,25)/t15-,18-/m1/s1. The van der Waals surface area contributed by atoms with Crippen LogP contribution in [0.15, 0.2) is 36.5 Å². The zero-order valence-electron chi connectivity index (χ0n) is 14.9. The Labute approximate surface area is 147 Å². The highest BCUT2D eigenvalue weighted by atomic mass is 16.2. The molecule has 1 aliphatic heterocycles. The van der Waals surface area contributed by atoms with Gasteiger partial charge in [0, 0.05) is 32.3 Å². The van der Waals surface area contributed by atoms with Crippen LogP contribution in [0.2, 0.25) is 0 Å². The molecule has 1 fully saturated rings. The highest BCUT2D eigenvalue weighted by Gasteiger charge is 2.38. The van der Waals surface area contributed by atoms with Crippen molar-refractivity contribution < 1.29 is 9.59 Å². The molecule has 1 N–H and O–H groups in total. The van der Waals surface area contributed by atoms with Gasteiger partial charge in [0.15, 0.2) is 5.82 Å². The molecule has 1 saturated heterocycles. The molecule has 1 aromatic heterocycles. The second kappa shape index (κ2) is 7.09. The zero-order chi connectivity index (χ0) is 18.0. The summed E-state index contributed by atoms with van der Waals surface area (Å²) in [5, 5.41) is 7.22. The molecule has 2 amide bonds. The molecule has 0 saturated carbocycles. The molecular weight excluding hydrogens is 316 g/mol. The van der Waals surface area contributed by atoms with E-state index in [0.29, 0.717) is 18.7 Å². The Morgan fingerprint density at radius 1 is 1.28 bits per heavy atom. The van der Waals surface area contributed by atoms with Crippen molar-refractivity contribution in [3.63, 3.8) is 0 Å². The minimum Gasteiger partial charge on any atom is -0.338 e. The minimum absolute atomic E-state index is 0.0740. The number of nitrogens with zero attached hydrogens (tertiary/aromatic N) is 3. The topological polar surface area (TPSA) is 67.2 Å². The fraction of sp³-hybridized carbons (Fsp3) is 0.421. The summed E-state index contributed by atoms with van der Waals surface area (Å²) in [6.45, 7) is 4.77. The van der Waals surface area contributed by atoms with E-state index in [9.17, 15) is 9.59 Å². The smallest absolute Gasteiger partial charge is 0.231 e. The normalized spacial score (nSPS) is 20.6. The molecule has 2 aromatic rings. The molecule has 1 aliphatic rings. The predicted molar refractivity (Wildman–Crippen MR) is 95.9 cm³/mol. The Kier molecular flexibility index (Phi) is 4.88. The fourth-order valence-corrected chi connectivity index (χ4v) is 3.36. The van der Waals surface area contributed by atoms with Crippen molar-refractivity contribution in [1.82, 2.24) is 14.7 Å². The number of rotatable bonds is 4. The summed E-state index contributed by atoms with van der Waals surface area (Å²) < 4.78 is 1.77. The third kappa shape index (κ3) is 3.57.